The summed E-state index contributed by atoms with van der Waals surface area (Å²) in [6.07, 6.45) is 0.738. The molecule has 2 atom stereocenters. The molecule has 1 aliphatic rings. The van der Waals surface area contributed by atoms with Crippen LogP contribution >= 0.6 is 0 Å². The van der Waals surface area contributed by atoms with E-state index in [-0.39, 0.29) is 0 Å². The first-order chi connectivity index (χ1) is 9.49. The fraction of sp³-hybridized carbons (Fsp3) is 0.429. The second kappa shape index (κ2) is 5.92. The summed E-state index contributed by atoms with van der Waals surface area (Å²) in [7, 11) is 0. The number of aliphatic hydroxyl groups is 1. The molecule has 1 aliphatic heterocycles. The predicted octanol–water partition coefficient (Wildman–Crippen LogP) is 0.608. The van der Waals surface area contributed by atoms with Crippen molar-refractivity contribution in [1.82, 2.24) is 5.32 Å². The van der Waals surface area contributed by atoms with E-state index in [0.29, 0.717) is 5.56 Å². The van der Waals surface area contributed by atoms with Crippen LogP contribution in [0.2, 0.25) is 0 Å². The number of aliphatic carboxylic acids is 1. The first-order valence-corrected chi connectivity index (χ1v) is 6.57. The van der Waals surface area contributed by atoms with Crippen LogP contribution in [0, 0.1) is 0 Å². The summed E-state index contributed by atoms with van der Waals surface area (Å²) in [5, 5.41) is 23.9. The average molecular weight is 278 g/mol. The molecule has 2 unspecified atom stereocenters. The van der Waals surface area contributed by atoms with E-state index in [4.69, 9.17) is 5.11 Å². The van der Waals surface area contributed by atoms with E-state index in [1.165, 1.54) is 6.92 Å². The van der Waals surface area contributed by atoms with Crippen LogP contribution in [0.5, 0.6) is 0 Å². The van der Waals surface area contributed by atoms with Gasteiger partial charge in [-0.1, -0.05) is 0 Å². The quantitative estimate of drug-likeness (QED) is 0.647. The Morgan fingerprint density at radius 2 is 2.15 bits per heavy atom. The van der Waals surface area contributed by atoms with Gasteiger partial charge in [0.2, 0.25) is 0 Å². The standard InChI is InChI=1S/C14H18N2O4/c1-8(17)12(14(19)20)16-13(18)10-4-5-11-9(7-10)3-2-6-15-11/h4-5,7-8,12,15,17H,2-3,6H2,1H3,(H,16,18)(H,19,20). The first kappa shape index (κ1) is 14.3. The molecule has 108 valence electrons. The van der Waals surface area contributed by atoms with Gasteiger partial charge in [0, 0.05) is 17.8 Å². The van der Waals surface area contributed by atoms with Gasteiger partial charge in [-0.05, 0) is 43.5 Å². The van der Waals surface area contributed by atoms with E-state index in [9.17, 15) is 14.7 Å². The summed E-state index contributed by atoms with van der Waals surface area (Å²) in [4.78, 5) is 23.0. The average Bonchev–Trinajstić information content (AvgIpc) is 2.43. The van der Waals surface area contributed by atoms with E-state index in [0.717, 1.165) is 30.6 Å². The molecule has 2 rings (SSSR count). The number of nitrogens with one attached hydrogen (secondary N) is 2. The molecule has 0 fully saturated rings. The summed E-state index contributed by atoms with van der Waals surface area (Å²) in [5.41, 5.74) is 2.46. The van der Waals surface area contributed by atoms with Crippen molar-refractivity contribution >= 4 is 17.6 Å². The number of carboxylic acid groups (broad SMARTS) is 1. The van der Waals surface area contributed by atoms with E-state index in [1.54, 1.807) is 12.1 Å². The van der Waals surface area contributed by atoms with Crippen LogP contribution in [0.4, 0.5) is 5.69 Å². The minimum atomic E-state index is -1.31. The second-order valence-corrected chi connectivity index (χ2v) is 4.93. The van der Waals surface area contributed by atoms with E-state index in [1.807, 2.05) is 6.07 Å². The summed E-state index contributed by atoms with van der Waals surface area (Å²) in [6.45, 7) is 2.25. The number of amides is 1. The number of fused-ring (bicyclic) bond motifs is 1. The van der Waals surface area contributed by atoms with E-state index < -0.39 is 24.0 Å². The van der Waals surface area contributed by atoms with Crippen molar-refractivity contribution in [1.29, 1.82) is 0 Å². The Bertz CT molecular complexity index is 528. The molecule has 0 aliphatic carbocycles. The van der Waals surface area contributed by atoms with Crippen LogP contribution in [0.3, 0.4) is 0 Å². The number of anilines is 1. The SMILES string of the molecule is CC(O)C(NC(=O)c1ccc2c(c1)CCCN2)C(=O)O. The molecule has 0 saturated carbocycles. The van der Waals surface area contributed by atoms with Gasteiger partial charge in [0.05, 0.1) is 6.10 Å². The molecular formula is C14H18N2O4. The molecule has 6 heteroatoms. The monoisotopic (exact) mass is 278 g/mol. The Morgan fingerprint density at radius 3 is 2.80 bits per heavy atom. The lowest BCUT2D eigenvalue weighted by Gasteiger charge is -2.20. The van der Waals surface area contributed by atoms with Crippen molar-refractivity contribution in [2.24, 2.45) is 0 Å². The lowest BCUT2D eigenvalue weighted by atomic mass is 10.0. The Kier molecular flexibility index (Phi) is 4.24. The fourth-order valence-corrected chi connectivity index (χ4v) is 2.23. The Hall–Kier alpha value is -2.08. The zero-order chi connectivity index (χ0) is 14.7. The molecule has 4 N–H and O–H groups in total. The van der Waals surface area contributed by atoms with E-state index in [2.05, 4.69) is 10.6 Å². The molecule has 1 aromatic carbocycles. The van der Waals surface area contributed by atoms with Crippen LogP contribution in [0.25, 0.3) is 0 Å². The molecule has 0 radical (unpaired) electrons. The number of carbonyl (C=O) groups is 2. The smallest absolute Gasteiger partial charge is 0.328 e. The second-order valence-electron chi connectivity index (χ2n) is 4.93. The maximum absolute atomic E-state index is 12.0. The van der Waals surface area contributed by atoms with Gasteiger partial charge < -0.3 is 20.8 Å². The van der Waals surface area contributed by atoms with Crippen molar-refractivity contribution in [3.8, 4) is 0 Å². The van der Waals surface area contributed by atoms with Gasteiger partial charge >= 0.3 is 5.97 Å². The third kappa shape index (κ3) is 3.08. The van der Waals surface area contributed by atoms with Crippen LogP contribution in [-0.2, 0) is 11.2 Å². The van der Waals surface area contributed by atoms with Crippen LogP contribution in [-0.4, -0.2) is 40.8 Å². The zero-order valence-electron chi connectivity index (χ0n) is 11.2. The maximum atomic E-state index is 12.0. The zero-order valence-corrected chi connectivity index (χ0v) is 11.2. The number of rotatable bonds is 4. The van der Waals surface area contributed by atoms with Gasteiger partial charge in [0.15, 0.2) is 6.04 Å². The van der Waals surface area contributed by atoms with Gasteiger partial charge in [-0.3, -0.25) is 4.79 Å². The first-order valence-electron chi connectivity index (χ1n) is 6.57. The molecular weight excluding hydrogens is 260 g/mol. The van der Waals surface area contributed by atoms with Crippen LogP contribution < -0.4 is 10.6 Å². The predicted molar refractivity (Wildman–Crippen MR) is 73.8 cm³/mol. The highest BCUT2D eigenvalue weighted by molar-refractivity contribution is 5.97. The summed E-state index contributed by atoms with van der Waals surface area (Å²) < 4.78 is 0. The van der Waals surface area contributed by atoms with Gasteiger partial charge in [-0.2, -0.15) is 0 Å². The number of aryl methyl sites for hydroxylation is 1. The Labute approximate surface area is 116 Å². The molecule has 0 aromatic heterocycles. The normalized spacial score (nSPS) is 16.5. The van der Waals surface area contributed by atoms with Crippen molar-refractivity contribution in [3.63, 3.8) is 0 Å². The molecule has 1 heterocycles. The molecule has 1 amide bonds. The van der Waals surface area contributed by atoms with Crippen LogP contribution in [0.15, 0.2) is 18.2 Å². The molecule has 1 aromatic rings. The third-order valence-corrected chi connectivity index (χ3v) is 3.34. The lowest BCUT2D eigenvalue weighted by Crippen LogP contribution is -2.47. The van der Waals surface area contributed by atoms with Crippen molar-refractivity contribution < 1.29 is 19.8 Å². The molecule has 0 spiro atoms. The number of hydrogen-bond donors (Lipinski definition) is 4. The Balaban J connectivity index is 2.15. The molecule has 0 saturated heterocycles. The van der Waals surface area contributed by atoms with Gasteiger partial charge in [0.1, 0.15) is 0 Å². The number of aliphatic hydroxyl groups excluding tert-OH is 1. The highest BCUT2D eigenvalue weighted by atomic mass is 16.4. The van der Waals surface area contributed by atoms with Gasteiger partial charge in [0.25, 0.3) is 5.91 Å². The van der Waals surface area contributed by atoms with Gasteiger partial charge in [-0.25, -0.2) is 4.79 Å². The minimum Gasteiger partial charge on any atom is -0.480 e. The van der Waals surface area contributed by atoms with Gasteiger partial charge in [-0.15, -0.1) is 0 Å². The van der Waals surface area contributed by atoms with Crippen molar-refractivity contribution in [3.05, 3.63) is 29.3 Å². The topological polar surface area (TPSA) is 98.7 Å². The highest BCUT2D eigenvalue weighted by Crippen LogP contribution is 2.22. The largest absolute Gasteiger partial charge is 0.480 e. The molecule has 20 heavy (non-hydrogen) atoms. The Morgan fingerprint density at radius 1 is 1.40 bits per heavy atom. The lowest BCUT2D eigenvalue weighted by molar-refractivity contribution is -0.141. The number of benzene rings is 1. The summed E-state index contributed by atoms with van der Waals surface area (Å²) in [6, 6.07) is 3.92. The number of carboxylic acids is 1. The van der Waals surface area contributed by atoms with E-state index >= 15 is 0 Å². The molecule has 0 bridgehead atoms. The van der Waals surface area contributed by atoms with Crippen molar-refractivity contribution in [2.45, 2.75) is 31.9 Å². The minimum absolute atomic E-state index is 0.402. The highest BCUT2D eigenvalue weighted by Gasteiger charge is 2.25. The number of carbonyl (C=O) groups excluding carboxylic acids is 1. The molecule has 6 nitrogen and oxygen atoms in total. The number of hydrogen-bond acceptors (Lipinski definition) is 4. The van der Waals surface area contributed by atoms with Crippen molar-refractivity contribution in [2.75, 3.05) is 11.9 Å². The fourth-order valence-electron chi connectivity index (χ4n) is 2.23. The maximum Gasteiger partial charge on any atom is 0.328 e. The third-order valence-electron chi connectivity index (χ3n) is 3.34. The van der Waals surface area contributed by atoms with Crippen LogP contribution in [0.1, 0.15) is 29.3 Å². The summed E-state index contributed by atoms with van der Waals surface area (Å²) >= 11 is 0. The summed E-state index contributed by atoms with van der Waals surface area (Å²) in [5.74, 6) is -1.75.